The van der Waals surface area contributed by atoms with Gasteiger partial charge in [0.1, 0.15) is 18.1 Å². The highest BCUT2D eigenvalue weighted by atomic mass is 16.5. The van der Waals surface area contributed by atoms with Crippen molar-refractivity contribution >= 4 is 0 Å². The lowest BCUT2D eigenvalue weighted by molar-refractivity contribution is 0.299. The van der Waals surface area contributed by atoms with Crippen molar-refractivity contribution < 1.29 is 9.47 Å². The van der Waals surface area contributed by atoms with Crippen molar-refractivity contribution in [1.29, 1.82) is 0 Å². The van der Waals surface area contributed by atoms with Crippen molar-refractivity contribution in [2.75, 3.05) is 7.11 Å². The molecule has 0 atom stereocenters. The molecule has 5 nitrogen and oxygen atoms in total. The fourth-order valence-electron chi connectivity index (χ4n) is 2.20. The van der Waals surface area contributed by atoms with Crippen LogP contribution in [0.25, 0.3) is 5.69 Å². The maximum atomic E-state index is 5.83. The molecule has 3 aromatic rings. The molecule has 1 aromatic carbocycles. The summed E-state index contributed by atoms with van der Waals surface area (Å²) in [7, 11) is 1.65. The predicted octanol–water partition coefficient (Wildman–Crippen LogP) is 3.16. The summed E-state index contributed by atoms with van der Waals surface area (Å²) >= 11 is 0. The summed E-state index contributed by atoms with van der Waals surface area (Å²) < 4.78 is 13.0. The molecule has 0 bridgehead atoms. The molecule has 0 fully saturated rings. The van der Waals surface area contributed by atoms with Crippen LogP contribution < -0.4 is 9.47 Å². The Morgan fingerprint density at radius 3 is 2.82 bits per heavy atom. The predicted molar refractivity (Wildman–Crippen MR) is 83.4 cm³/mol. The van der Waals surface area contributed by atoms with E-state index in [-0.39, 0.29) is 0 Å². The number of pyridine rings is 1. The molecular formula is C17H17N3O2. The Balaban J connectivity index is 1.74. The van der Waals surface area contributed by atoms with Crippen LogP contribution in [0, 0.1) is 6.92 Å². The molecule has 0 aliphatic carbocycles. The molecule has 0 unspecified atom stereocenters. The van der Waals surface area contributed by atoms with Crippen molar-refractivity contribution in [3.63, 3.8) is 0 Å². The van der Waals surface area contributed by atoms with E-state index in [1.165, 1.54) is 0 Å². The summed E-state index contributed by atoms with van der Waals surface area (Å²) in [5.74, 6) is 1.58. The van der Waals surface area contributed by atoms with E-state index in [4.69, 9.17) is 9.47 Å². The Hall–Kier alpha value is -2.82. The molecule has 3 rings (SSSR count). The van der Waals surface area contributed by atoms with Gasteiger partial charge >= 0.3 is 0 Å². The Kier molecular flexibility index (Phi) is 4.05. The molecule has 0 aliphatic rings. The number of aromatic nitrogens is 3. The molecule has 0 saturated heterocycles. The molecule has 22 heavy (non-hydrogen) atoms. The van der Waals surface area contributed by atoms with Crippen LogP contribution in [-0.2, 0) is 6.61 Å². The lowest BCUT2D eigenvalue weighted by atomic mass is 10.3. The van der Waals surface area contributed by atoms with Crippen LogP contribution in [-0.4, -0.2) is 21.6 Å². The third kappa shape index (κ3) is 3.25. The van der Waals surface area contributed by atoms with Gasteiger partial charge in [0.25, 0.3) is 0 Å². The molecule has 0 spiro atoms. The fourth-order valence-corrected chi connectivity index (χ4v) is 2.20. The number of benzene rings is 1. The molecule has 0 N–H and O–H groups in total. The van der Waals surface area contributed by atoms with Gasteiger partial charge in [0.15, 0.2) is 0 Å². The maximum Gasteiger partial charge on any atom is 0.130 e. The van der Waals surface area contributed by atoms with E-state index in [0.717, 1.165) is 28.6 Å². The Bertz CT molecular complexity index is 754. The smallest absolute Gasteiger partial charge is 0.130 e. The second kappa shape index (κ2) is 6.30. The van der Waals surface area contributed by atoms with Crippen LogP contribution in [0.15, 0.2) is 55.1 Å². The lowest BCUT2D eigenvalue weighted by Gasteiger charge is -2.10. The number of ether oxygens (including phenoxy) is 2. The third-order valence-corrected chi connectivity index (χ3v) is 3.22. The molecule has 2 heterocycles. The molecule has 2 aromatic heterocycles. The van der Waals surface area contributed by atoms with Gasteiger partial charge in [0.05, 0.1) is 24.8 Å². The van der Waals surface area contributed by atoms with E-state index >= 15 is 0 Å². The molecule has 112 valence electrons. The number of aryl methyl sites for hydroxylation is 1. The number of nitrogens with zero attached hydrogens (tertiary/aromatic N) is 3. The SMILES string of the molecule is COc1cc(C)nc(COc2cccc(-n3ccnc3)c2)c1. The zero-order valence-corrected chi connectivity index (χ0v) is 12.6. The standard InChI is InChI=1S/C17H17N3O2/c1-13-8-17(21-2)9-14(19-13)11-22-16-5-3-4-15(10-16)20-7-6-18-12-20/h3-10,12H,11H2,1-2H3. The van der Waals surface area contributed by atoms with E-state index < -0.39 is 0 Å². The average Bonchev–Trinajstić information content (AvgIpc) is 3.07. The summed E-state index contributed by atoms with van der Waals surface area (Å²) in [5, 5.41) is 0. The second-order valence-corrected chi connectivity index (χ2v) is 4.90. The summed E-state index contributed by atoms with van der Waals surface area (Å²) in [4.78, 5) is 8.50. The molecular weight excluding hydrogens is 278 g/mol. The van der Waals surface area contributed by atoms with Gasteiger partial charge in [0.2, 0.25) is 0 Å². The summed E-state index contributed by atoms with van der Waals surface area (Å²) in [5.41, 5.74) is 2.75. The van der Waals surface area contributed by atoms with E-state index in [1.807, 2.05) is 54.1 Å². The highest BCUT2D eigenvalue weighted by molar-refractivity contribution is 5.39. The van der Waals surface area contributed by atoms with Gasteiger partial charge in [-0.05, 0) is 19.1 Å². The van der Waals surface area contributed by atoms with Crippen molar-refractivity contribution in [3.05, 3.63) is 66.5 Å². The van der Waals surface area contributed by atoms with Crippen LogP contribution in [0.5, 0.6) is 11.5 Å². The van der Waals surface area contributed by atoms with Crippen molar-refractivity contribution in [1.82, 2.24) is 14.5 Å². The van der Waals surface area contributed by atoms with Crippen LogP contribution in [0.1, 0.15) is 11.4 Å². The second-order valence-electron chi connectivity index (χ2n) is 4.90. The first-order chi connectivity index (χ1) is 10.7. The number of hydrogen-bond acceptors (Lipinski definition) is 4. The maximum absolute atomic E-state index is 5.83. The topological polar surface area (TPSA) is 49.2 Å². The zero-order valence-electron chi connectivity index (χ0n) is 12.6. The van der Waals surface area contributed by atoms with Crippen molar-refractivity contribution in [2.45, 2.75) is 13.5 Å². The van der Waals surface area contributed by atoms with E-state index in [9.17, 15) is 0 Å². The minimum absolute atomic E-state index is 0.394. The highest BCUT2D eigenvalue weighted by Gasteiger charge is 2.03. The van der Waals surface area contributed by atoms with Crippen LogP contribution >= 0.6 is 0 Å². The molecule has 0 aliphatic heterocycles. The zero-order chi connectivity index (χ0) is 15.4. The van der Waals surface area contributed by atoms with Crippen LogP contribution in [0.2, 0.25) is 0 Å². The fraction of sp³-hybridized carbons (Fsp3) is 0.176. The largest absolute Gasteiger partial charge is 0.497 e. The first kappa shape index (κ1) is 14.1. The molecule has 5 heteroatoms. The van der Waals surface area contributed by atoms with Crippen LogP contribution in [0.3, 0.4) is 0 Å². The number of rotatable bonds is 5. The Labute approximate surface area is 129 Å². The van der Waals surface area contributed by atoms with E-state index in [1.54, 1.807) is 19.6 Å². The highest BCUT2D eigenvalue weighted by Crippen LogP contribution is 2.19. The van der Waals surface area contributed by atoms with Crippen molar-refractivity contribution in [2.24, 2.45) is 0 Å². The normalized spacial score (nSPS) is 10.5. The number of imidazole rings is 1. The Morgan fingerprint density at radius 1 is 1.14 bits per heavy atom. The average molecular weight is 295 g/mol. The van der Waals surface area contributed by atoms with Gasteiger partial charge in [-0.1, -0.05) is 6.07 Å². The third-order valence-electron chi connectivity index (χ3n) is 3.22. The molecule has 0 radical (unpaired) electrons. The van der Waals surface area contributed by atoms with Crippen LogP contribution in [0.4, 0.5) is 0 Å². The van der Waals surface area contributed by atoms with Gasteiger partial charge in [-0.2, -0.15) is 0 Å². The Morgan fingerprint density at radius 2 is 2.05 bits per heavy atom. The van der Waals surface area contributed by atoms with Gasteiger partial charge < -0.3 is 14.0 Å². The summed E-state index contributed by atoms with van der Waals surface area (Å²) in [6.45, 7) is 2.33. The van der Waals surface area contributed by atoms with E-state index in [0.29, 0.717) is 6.61 Å². The first-order valence-electron chi connectivity index (χ1n) is 6.97. The quantitative estimate of drug-likeness (QED) is 0.725. The van der Waals surface area contributed by atoms with Gasteiger partial charge in [-0.3, -0.25) is 4.98 Å². The minimum atomic E-state index is 0.394. The number of methoxy groups -OCH3 is 1. The number of hydrogen-bond donors (Lipinski definition) is 0. The van der Waals surface area contributed by atoms with Crippen molar-refractivity contribution in [3.8, 4) is 17.2 Å². The lowest BCUT2D eigenvalue weighted by Crippen LogP contribution is -2.01. The van der Waals surface area contributed by atoms with E-state index in [2.05, 4.69) is 9.97 Å². The van der Waals surface area contributed by atoms with Gasteiger partial charge in [-0.15, -0.1) is 0 Å². The summed E-state index contributed by atoms with van der Waals surface area (Å²) in [6, 6.07) is 11.6. The van der Waals surface area contributed by atoms with Gasteiger partial charge in [-0.25, -0.2) is 4.98 Å². The monoisotopic (exact) mass is 295 g/mol. The molecule has 0 saturated carbocycles. The summed E-state index contributed by atoms with van der Waals surface area (Å²) in [6.07, 6.45) is 5.40. The molecule has 0 amide bonds. The first-order valence-corrected chi connectivity index (χ1v) is 6.97. The minimum Gasteiger partial charge on any atom is -0.497 e. The van der Waals surface area contributed by atoms with Gasteiger partial charge in [0, 0.05) is 36.3 Å².